The molecule has 2 aliphatic rings. The number of nitrogens with one attached hydrogen (secondary N) is 1. The van der Waals surface area contributed by atoms with Crippen LogP contribution in [0.1, 0.15) is 36.7 Å². The van der Waals surface area contributed by atoms with Gasteiger partial charge in [0.05, 0.1) is 0 Å². The van der Waals surface area contributed by atoms with E-state index in [0.717, 1.165) is 39.0 Å². The molecule has 0 unspecified atom stereocenters. The predicted molar refractivity (Wildman–Crippen MR) is 88.2 cm³/mol. The minimum Gasteiger partial charge on any atom is -0.357 e. The molecule has 0 aromatic carbocycles. The van der Waals surface area contributed by atoms with Gasteiger partial charge in [0.25, 0.3) is 5.91 Å². The number of rotatable bonds is 2. The Morgan fingerprint density at radius 3 is 2.83 bits per heavy atom. The molecule has 1 N–H and O–H groups in total. The van der Waals surface area contributed by atoms with Gasteiger partial charge in [-0.2, -0.15) is 0 Å². The lowest BCUT2D eigenvalue weighted by Crippen LogP contribution is -2.62. The Hall–Kier alpha value is -1.82. The monoisotopic (exact) mass is 318 g/mol. The first-order valence-electron chi connectivity index (χ1n) is 8.47. The fourth-order valence-corrected chi connectivity index (χ4v) is 3.83. The lowest BCUT2D eigenvalue weighted by molar-refractivity contribution is -0.130. The molecule has 1 aromatic heterocycles. The van der Waals surface area contributed by atoms with E-state index in [1.54, 1.807) is 6.20 Å². The lowest BCUT2D eigenvalue weighted by atomic mass is 9.86. The maximum Gasteiger partial charge on any atom is 0.270 e. The molecule has 0 radical (unpaired) electrons. The summed E-state index contributed by atoms with van der Waals surface area (Å²) in [5, 5.41) is 0. The van der Waals surface area contributed by atoms with Gasteiger partial charge in [0.15, 0.2) is 0 Å². The summed E-state index contributed by atoms with van der Waals surface area (Å²) in [4.78, 5) is 34.1. The molecule has 2 amide bonds. The Morgan fingerprint density at radius 2 is 2.13 bits per heavy atom. The van der Waals surface area contributed by atoms with Crippen LogP contribution in [-0.4, -0.2) is 76.8 Å². The van der Waals surface area contributed by atoms with Gasteiger partial charge in [-0.15, -0.1) is 0 Å². The topological polar surface area (TPSA) is 59.7 Å². The molecule has 0 aliphatic carbocycles. The molecule has 23 heavy (non-hydrogen) atoms. The van der Waals surface area contributed by atoms with Crippen LogP contribution in [0.3, 0.4) is 0 Å². The van der Waals surface area contributed by atoms with Crippen LogP contribution in [0.4, 0.5) is 0 Å². The van der Waals surface area contributed by atoms with Crippen LogP contribution < -0.4 is 0 Å². The van der Waals surface area contributed by atoms with Crippen molar-refractivity contribution in [3.05, 3.63) is 24.0 Å². The first kappa shape index (κ1) is 16.1. The maximum atomic E-state index is 12.7. The highest BCUT2D eigenvalue weighted by molar-refractivity contribution is 5.92. The summed E-state index contributed by atoms with van der Waals surface area (Å²) in [7, 11) is 2.13. The van der Waals surface area contributed by atoms with Gasteiger partial charge in [0.2, 0.25) is 5.91 Å². The highest BCUT2D eigenvalue weighted by atomic mass is 16.2. The van der Waals surface area contributed by atoms with Crippen molar-refractivity contribution in [1.82, 2.24) is 19.7 Å². The fraction of sp³-hybridized carbons (Fsp3) is 0.647. The van der Waals surface area contributed by atoms with Crippen LogP contribution in [-0.2, 0) is 4.79 Å². The van der Waals surface area contributed by atoms with Crippen molar-refractivity contribution in [2.45, 2.75) is 31.7 Å². The molecular weight excluding hydrogens is 292 g/mol. The number of amides is 2. The number of carbonyl (C=O) groups is 2. The molecule has 2 aliphatic heterocycles. The first-order valence-corrected chi connectivity index (χ1v) is 8.47. The van der Waals surface area contributed by atoms with Crippen LogP contribution in [0, 0.1) is 0 Å². The standard InChI is InChI=1S/C17H26N4O2/c1-3-20-10-8-17(7-6-15(20)22)13-21(12-11-19(17)2)16(23)14-5-4-9-18-14/h4-5,9,18H,3,6-8,10-13H2,1-2H3/t17-/m1/s1. The Bertz CT molecular complexity index is 571. The molecule has 0 saturated carbocycles. The minimum absolute atomic E-state index is 0.0606. The molecular formula is C17H26N4O2. The number of hydrogen-bond acceptors (Lipinski definition) is 3. The van der Waals surface area contributed by atoms with E-state index in [0.29, 0.717) is 18.7 Å². The minimum atomic E-state index is -0.0833. The van der Waals surface area contributed by atoms with E-state index in [9.17, 15) is 9.59 Å². The van der Waals surface area contributed by atoms with Crippen molar-refractivity contribution >= 4 is 11.8 Å². The molecule has 1 aromatic rings. The summed E-state index contributed by atoms with van der Waals surface area (Å²) in [5.41, 5.74) is 0.560. The molecule has 1 atom stereocenters. The molecule has 126 valence electrons. The van der Waals surface area contributed by atoms with Crippen molar-refractivity contribution in [2.75, 3.05) is 39.8 Å². The second-order valence-corrected chi connectivity index (χ2v) is 6.68. The Morgan fingerprint density at radius 1 is 1.30 bits per heavy atom. The third-order valence-electron chi connectivity index (χ3n) is 5.50. The molecule has 2 saturated heterocycles. The summed E-state index contributed by atoms with van der Waals surface area (Å²) in [5.74, 6) is 0.302. The van der Waals surface area contributed by atoms with E-state index in [4.69, 9.17) is 0 Å². The van der Waals surface area contributed by atoms with Crippen LogP contribution in [0.15, 0.2) is 18.3 Å². The van der Waals surface area contributed by atoms with E-state index in [-0.39, 0.29) is 17.4 Å². The predicted octanol–water partition coefficient (Wildman–Crippen LogP) is 1.17. The van der Waals surface area contributed by atoms with Crippen molar-refractivity contribution in [3.63, 3.8) is 0 Å². The summed E-state index contributed by atoms with van der Waals surface area (Å²) in [6.45, 7) is 5.87. The number of aromatic amines is 1. The van der Waals surface area contributed by atoms with Gasteiger partial charge in [-0.3, -0.25) is 14.5 Å². The zero-order valence-electron chi connectivity index (χ0n) is 14.0. The Labute approximate surface area is 137 Å². The number of nitrogens with zero attached hydrogens (tertiary/aromatic N) is 3. The number of likely N-dealkylation sites (tertiary alicyclic amines) is 1. The van der Waals surface area contributed by atoms with Crippen molar-refractivity contribution in [3.8, 4) is 0 Å². The summed E-state index contributed by atoms with van der Waals surface area (Å²) < 4.78 is 0. The van der Waals surface area contributed by atoms with E-state index < -0.39 is 0 Å². The second-order valence-electron chi connectivity index (χ2n) is 6.68. The third-order valence-corrected chi connectivity index (χ3v) is 5.50. The van der Waals surface area contributed by atoms with Gasteiger partial charge in [0.1, 0.15) is 5.69 Å². The number of H-pyrrole nitrogens is 1. The second kappa shape index (κ2) is 6.35. The third kappa shape index (κ3) is 3.00. The quantitative estimate of drug-likeness (QED) is 0.890. The zero-order chi connectivity index (χ0) is 16.4. The van der Waals surface area contributed by atoms with Gasteiger partial charge in [-0.05, 0) is 38.9 Å². The number of likely N-dealkylation sites (N-methyl/N-ethyl adjacent to an activating group) is 1. The van der Waals surface area contributed by atoms with E-state index in [2.05, 4.69) is 16.9 Å². The van der Waals surface area contributed by atoms with Gasteiger partial charge in [-0.1, -0.05) is 0 Å². The molecule has 3 heterocycles. The van der Waals surface area contributed by atoms with Gasteiger partial charge >= 0.3 is 0 Å². The van der Waals surface area contributed by atoms with Crippen molar-refractivity contribution < 1.29 is 9.59 Å². The molecule has 0 bridgehead atoms. The smallest absolute Gasteiger partial charge is 0.270 e. The number of piperazine rings is 1. The molecule has 2 fully saturated rings. The number of hydrogen-bond donors (Lipinski definition) is 1. The highest BCUT2D eigenvalue weighted by Crippen LogP contribution is 2.32. The zero-order valence-corrected chi connectivity index (χ0v) is 14.0. The SMILES string of the molecule is CCN1CC[C@]2(CCC1=O)CN(C(=O)c1ccc[nH]1)CCN2C. The normalized spacial score (nSPS) is 26.6. The summed E-state index contributed by atoms with van der Waals surface area (Å²) in [6, 6.07) is 3.67. The Kier molecular flexibility index (Phi) is 4.43. The Balaban J connectivity index is 1.77. The van der Waals surface area contributed by atoms with E-state index in [1.807, 2.05) is 28.9 Å². The maximum absolute atomic E-state index is 12.7. The number of carbonyl (C=O) groups excluding carboxylic acids is 2. The van der Waals surface area contributed by atoms with Gasteiger partial charge < -0.3 is 14.8 Å². The fourth-order valence-electron chi connectivity index (χ4n) is 3.83. The molecule has 6 nitrogen and oxygen atoms in total. The largest absolute Gasteiger partial charge is 0.357 e. The summed E-state index contributed by atoms with van der Waals surface area (Å²) in [6.07, 6.45) is 4.11. The van der Waals surface area contributed by atoms with Crippen LogP contribution in [0.5, 0.6) is 0 Å². The molecule has 1 spiro atoms. The highest BCUT2D eigenvalue weighted by Gasteiger charge is 2.43. The summed E-state index contributed by atoms with van der Waals surface area (Å²) >= 11 is 0. The van der Waals surface area contributed by atoms with Crippen LogP contribution >= 0.6 is 0 Å². The van der Waals surface area contributed by atoms with Crippen LogP contribution in [0.2, 0.25) is 0 Å². The first-order chi connectivity index (χ1) is 11.1. The van der Waals surface area contributed by atoms with Crippen LogP contribution in [0.25, 0.3) is 0 Å². The van der Waals surface area contributed by atoms with E-state index >= 15 is 0 Å². The van der Waals surface area contributed by atoms with Gasteiger partial charge in [-0.25, -0.2) is 0 Å². The van der Waals surface area contributed by atoms with Crippen molar-refractivity contribution in [1.29, 1.82) is 0 Å². The molecule has 3 rings (SSSR count). The average molecular weight is 318 g/mol. The lowest BCUT2D eigenvalue weighted by Gasteiger charge is -2.49. The van der Waals surface area contributed by atoms with E-state index in [1.165, 1.54) is 0 Å². The van der Waals surface area contributed by atoms with Gasteiger partial charge in [0, 0.05) is 50.9 Å². The molecule has 6 heteroatoms. The average Bonchev–Trinajstić information content (AvgIpc) is 3.04. The number of aromatic nitrogens is 1. The van der Waals surface area contributed by atoms with Crippen molar-refractivity contribution in [2.24, 2.45) is 0 Å².